The number of carbonyl (C=O) groups is 2. The minimum atomic E-state index is -0.428. The summed E-state index contributed by atoms with van der Waals surface area (Å²) >= 11 is 2.95. The number of aromatic nitrogens is 1. The van der Waals surface area contributed by atoms with Crippen molar-refractivity contribution >= 4 is 51.4 Å². The zero-order valence-electron chi connectivity index (χ0n) is 16.8. The molecule has 7 heteroatoms. The normalized spacial score (nSPS) is 11.0. The lowest BCUT2D eigenvalue weighted by molar-refractivity contribution is -0.139. The fourth-order valence-corrected chi connectivity index (χ4v) is 4.29. The number of esters is 1. The van der Waals surface area contributed by atoms with Crippen LogP contribution < -0.4 is 4.90 Å². The summed E-state index contributed by atoms with van der Waals surface area (Å²) in [6, 6.07) is 9.82. The van der Waals surface area contributed by atoms with Crippen LogP contribution in [-0.2, 0) is 20.9 Å². The number of amides is 1. The lowest BCUT2D eigenvalue weighted by atomic mass is 10.1. The highest BCUT2D eigenvalue weighted by molar-refractivity contribution is 7.14. The number of carbonyl (C=O) groups excluding carboxylic acids is 2. The van der Waals surface area contributed by atoms with Crippen LogP contribution in [0.15, 0.2) is 41.8 Å². The van der Waals surface area contributed by atoms with E-state index < -0.39 is 5.97 Å². The molecule has 0 aliphatic heterocycles. The number of anilines is 2. The van der Waals surface area contributed by atoms with Gasteiger partial charge in [0.1, 0.15) is 6.61 Å². The molecule has 0 radical (unpaired) electrons. The van der Waals surface area contributed by atoms with Gasteiger partial charge in [-0.25, -0.2) is 9.78 Å². The van der Waals surface area contributed by atoms with Crippen LogP contribution in [0.4, 0.5) is 10.8 Å². The third-order valence-corrected chi connectivity index (χ3v) is 6.14. The Kier molecular flexibility index (Phi) is 6.61. The standard InChI is InChI=1S/C22H22N2O3S2/c1-14-5-7-19(11-15(14)2)24(17(4)25)22-23-18(13-28-22)12-27-21(26)10-9-20-8-6-16(3)29-20/h5-11,13H,12H2,1-4H3. The van der Waals surface area contributed by atoms with E-state index in [1.165, 1.54) is 29.2 Å². The van der Waals surface area contributed by atoms with Gasteiger partial charge in [-0.05, 0) is 62.2 Å². The van der Waals surface area contributed by atoms with Crippen molar-refractivity contribution in [2.75, 3.05) is 4.90 Å². The highest BCUT2D eigenvalue weighted by atomic mass is 32.1. The summed E-state index contributed by atoms with van der Waals surface area (Å²) in [5.41, 5.74) is 3.64. The van der Waals surface area contributed by atoms with Crippen molar-refractivity contribution in [1.29, 1.82) is 0 Å². The maximum atomic E-state index is 12.2. The van der Waals surface area contributed by atoms with E-state index in [2.05, 4.69) is 4.98 Å². The molecule has 3 rings (SSSR count). The molecular weight excluding hydrogens is 404 g/mol. The predicted molar refractivity (Wildman–Crippen MR) is 119 cm³/mol. The Bertz CT molecular complexity index is 1070. The van der Waals surface area contributed by atoms with Gasteiger partial charge >= 0.3 is 5.97 Å². The zero-order valence-corrected chi connectivity index (χ0v) is 18.4. The molecule has 2 aromatic heterocycles. The van der Waals surface area contributed by atoms with Gasteiger partial charge in [-0.2, -0.15) is 0 Å². The number of hydrogen-bond donors (Lipinski definition) is 0. The number of benzene rings is 1. The monoisotopic (exact) mass is 426 g/mol. The molecule has 0 saturated heterocycles. The van der Waals surface area contributed by atoms with Crippen molar-refractivity contribution in [3.05, 3.63) is 68.4 Å². The fraction of sp³-hybridized carbons (Fsp3) is 0.227. The van der Waals surface area contributed by atoms with Crippen LogP contribution in [0, 0.1) is 20.8 Å². The molecule has 150 valence electrons. The Balaban J connectivity index is 1.66. The molecule has 0 saturated carbocycles. The molecule has 0 aliphatic rings. The van der Waals surface area contributed by atoms with Gasteiger partial charge in [-0.3, -0.25) is 9.69 Å². The largest absolute Gasteiger partial charge is 0.456 e. The second kappa shape index (κ2) is 9.15. The van der Waals surface area contributed by atoms with Crippen LogP contribution in [0.3, 0.4) is 0 Å². The quantitative estimate of drug-likeness (QED) is 0.382. The highest BCUT2D eigenvalue weighted by Crippen LogP contribution is 2.30. The molecule has 3 aromatic rings. The first-order valence-electron chi connectivity index (χ1n) is 9.07. The first-order chi connectivity index (χ1) is 13.8. The molecule has 5 nitrogen and oxygen atoms in total. The average Bonchev–Trinajstić information content (AvgIpc) is 3.30. The fourth-order valence-electron chi connectivity index (χ4n) is 2.64. The summed E-state index contributed by atoms with van der Waals surface area (Å²) in [6.07, 6.45) is 3.15. The third kappa shape index (κ3) is 5.40. The number of ether oxygens (including phenoxy) is 1. The van der Waals surface area contributed by atoms with Crippen LogP contribution in [0.1, 0.15) is 33.5 Å². The summed E-state index contributed by atoms with van der Waals surface area (Å²) in [5.74, 6) is -0.552. The summed E-state index contributed by atoms with van der Waals surface area (Å²) in [4.78, 5) is 32.4. The van der Waals surface area contributed by atoms with Gasteiger partial charge in [0.25, 0.3) is 0 Å². The molecule has 1 aromatic carbocycles. The topological polar surface area (TPSA) is 59.5 Å². The van der Waals surface area contributed by atoms with E-state index in [0.717, 1.165) is 21.7 Å². The van der Waals surface area contributed by atoms with Crippen molar-refractivity contribution in [2.24, 2.45) is 0 Å². The molecule has 0 N–H and O–H groups in total. The van der Waals surface area contributed by atoms with E-state index in [4.69, 9.17) is 4.74 Å². The van der Waals surface area contributed by atoms with Crippen LogP contribution in [-0.4, -0.2) is 16.9 Å². The molecule has 0 fully saturated rings. The smallest absolute Gasteiger partial charge is 0.331 e. The lowest BCUT2D eigenvalue weighted by Crippen LogP contribution is -2.22. The number of aryl methyl sites for hydroxylation is 3. The van der Waals surface area contributed by atoms with Gasteiger partial charge in [0.15, 0.2) is 5.13 Å². The van der Waals surface area contributed by atoms with Crippen molar-refractivity contribution in [3.8, 4) is 0 Å². The van der Waals surface area contributed by atoms with Gasteiger partial charge in [-0.1, -0.05) is 6.07 Å². The van der Waals surface area contributed by atoms with Crippen LogP contribution in [0.2, 0.25) is 0 Å². The second-order valence-electron chi connectivity index (χ2n) is 6.63. The Hall–Kier alpha value is -2.77. The maximum Gasteiger partial charge on any atom is 0.331 e. The van der Waals surface area contributed by atoms with Crippen molar-refractivity contribution < 1.29 is 14.3 Å². The molecule has 0 aliphatic carbocycles. The van der Waals surface area contributed by atoms with Gasteiger partial charge in [0, 0.05) is 28.1 Å². The molecule has 0 unspecified atom stereocenters. The summed E-state index contributed by atoms with van der Waals surface area (Å²) in [5, 5.41) is 2.35. The Labute approximate surface area is 178 Å². The van der Waals surface area contributed by atoms with Crippen molar-refractivity contribution in [3.63, 3.8) is 0 Å². The first kappa shape index (κ1) is 21.0. The first-order valence-corrected chi connectivity index (χ1v) is 10.8. The van der Waals surface area contributed by atoms with Crippen LogP contribution in [0.25, 0.3) is 6.08 Å². The lowest BCUT2D eigenvalue weighted by Gasteiger charge is -2.19. The van der Waals surface area contributed by atoms with E-state index in [1.807, 2.05) is 51.1 Å². The molecule has 0 atom stereocenters. The Morgan fingerprint density at radius 1 is 1.14 bits per heavy atom. The molecule has 0 spiro atoms. The number of hydrogen-bond acceptors (Lipinski definition) is 6. The van der Waals surface area contributed by atoms with Gasteiger partial charge < -0.3 is 4.74 Å². The Morgan fingerprint density at radius 2 is 1.93 bits per heavy atom. The summed E-state index contributed by atoms with van der Waals surface area (Å²) in [6.45, 7) is 7.62. The average molecular weight is 427 g/mol. The van der Waals surface area contributed by atoms with Crippen LogP contribution in [0.5, 0.6) is 0 Å². The zero-order chi connectivity index (χ0) is 21.0. The third-order valence-electron chi connectivity index (χ3n) is 4.30. The molecule has 2 heterocycles. The van der Waals surface area contributed by atoms with E-state index in [1.54, 1.807) is 27.7 Å². The molecule has 0 bridgehead atoms. The second-order valence-corrected chi connectivity index (χ2v) is 8.79. The number of thiophene rings is 1. The Morgan fingerprint density at radius 3 is 2.59 bits per heavy atom. The van der Waals surface area contributed by atoms with E-state index in [9.17, 15) is 9.59 Å². The molecular formula is C22H22N2O3S2. The van der Waals surface area contributed by atoms with Gasteiger partial charge in [-0.15, -0.1) is 22.7 Å². The van der Waals surface area contributed by atoms with E-state index in [0.29, 0.717) is 10.8 Å². The van der Waals surface area contributed by atoms with Crippen molar-refractivity contribution in [1.82, 2.24) is 4.98 Å². The SMILES string of the molecule is CC(=O)N(c1ccc(C)c(C)c1)c1nc(COC(=O)C=Cc2ccc(C)s2)cs1. The van der Waals surface area contributed by atoms with Gasteiger partial charge in [0.05, 0.1) is 11.4 Å². The highest BCUT2D eigenvalue weighted by Gasteiger charge is 2.18. The van der Waals surface area contributed by atoms with Crippen molar-refractivity contribution in [2.45, 2.75) is 34.3 Å². The molecule has 1 amide bonds. The number of thiazole rings is 1. The van der Waals surface area contributed by atoms with Gasteiger partial charge in [0.2, 0.25) is 5.91 Å². The van der Waals surface area contributed by atoms with E-state index >= 15 is 0 Å². The summed E-state index contributed by atoms with van der Waals surface area (Å²) in [7, 11) is 0. The number of rotatable bonds is 6. The maximum absolute atomic E-state index is 12.2. The minimum absolute atomic E-state index is 0.0574. The van der Waals surface area contributed by atoms with E-state index in [-0.39, 0.29) is 12.5 Å². The van der Waals surface area contributed by atoms with Crippen LogP contribution >= 0.6 is 22.7 Å². The number of nitrogens with zero attached hydrogens (tertiary/aromatic N) is 2. The molecule has 29 heavy (non-hydrogen) atoms. The minimum Gasteiger partial charge on any atom is -0.456 e. The predicted octanol–water partition coefficient (Wildman–Crippen LogP) is 5.57. The summed E-state index contributed by atoms with van der Waals surface area (Å²) < 4.78 is 5.27.